The molecule has 1 heterocycles. The zero-order valence-corrected chi connectivity index (χ0v) is 10.0. The third kappa shape index (κ3) is 2.79. The third-order valence-electron chi connectivity index (χ3n) is 2.62. The van der Waals surface area contributed by atoms with E-state index in [1.165, 1.54) is 12.5 Å². The summed E-state index contributed by atoms with van der Waals surface area (Å²) in [5, 5.41) is 4.03. The van der Waals surface area contributed by atoms with Crippen LogP contribution in [0.4, 0.5) is 0 Å². The summed E-state index contributed by atoms with van der Waals surface area (Å²) in [6, 6.07) is 0.102. The Morgan fingerprint density at radius 1 is 1.53 bits per heavy atom. The molecule has 15 heavy (non-hydrogen) atoms. The largest absolute Gasteiger partial charge is 0.330 e. The van der Waals surface area contributed by atoms with Gasteiger partial charge in [0.05, 0.1) is 12.2 Å². The molecule has 0 bridgehead atoms. The normalized spacial score (nSPS) is 16.3. The molecule has 6 heteroatoms. The predicted molar refractivity (Wildman–Crippen MR) is 58.3 cm³/mol. The number of aromatic nitrogens is 2. The second kappa shape index (κ2) is 4.32. The van der Waals surface area contributed by atoms with Crippen LogP contribution in [-0.4, -0.2) is 31.0 Å². The number of nitrogens with zero attached hydrogens (tertiary/aromatic N) is 2. The van der Waals surface area contributed by atoms with Gasteiger partial charge in [0, 0.05) is 12.5 Å². The average molecular weight is 231 g/mol. The van der Waals surface area contributed by atoms with E-state index in [-0.39, 0.29) is 16.9 Å². The molecule has 86 valence electrons. The molecule has 0 aliphatic rings. The van der Waals surface area contributed by atoms with Gasteiger partial charge in [-0.25, -0.2) is 8.42 Å². The van der Waals surface area contributed by atoms with Crippen LogP contribution in [0.1, 0.15) is 19.9 Å². The molecule has 0 amide bonds. The fourth-order valence-electron chi connectivity index (χ4n) is 1.19. The van der Waals surface area contributed by atoms with E-state index in [0.717, 1.165) is 0 Å². The monoisotopic (exact) mass is 231 g/mol. The van der Waals surface area contributed by atoms with E-state index >= 15 is 0 Å². The van der Waals surface area contributed by atoms with Crippen LogP contribution in [-0.2, 0) is 9.84 Å². The summed E-state index contributed by atoms with van der Waals surface area (Å²) in [6.07, 6.45) is 4.09. The molecule has 5 nitrogen and oxygen atoms in total. The average Bonchev–Trinajstić information content (AvgIpc) is 2.63. The van der Waals surface area contributed by atoms with Gasteiger partial charge in [0.15, 0.2) is 9.84 Å². The highest BCUT2D eigenvalue weighted by atomic mass is 32.2. The third-order valence-corrected chi connectivity index (χ3v) is 3.69. The Balaban J connectivity index is 2.94. The molecular formula is C9H17N3O2S. The maximum absolute atomic E-state index is 11.2. The van der Waals surface area contributed by atoms with E-state index in [1.54, 1.807) is 10.9 Å². The molecule has 0 saturated heterocycles. The van der Waals surface area contributed by atoms with Crippen LogP contribution in [0.5, 0.6) is 0 Å². The zero-order valence-electron chi connectivity index (χ0n) is 9.21. The summed E-state index contributed by atoms with van der Waals surface area (Å²) >= 11 is 0. The van der Waals surface area contributed by atoms with Gasteiger partial charge in [-0.05, 0) is 19.4 Å². The van der Waals surface area contributed by atoms with E-state index in [1.807, 2.05) is 13.8 Å². The van der Waals surface area contributed by atoms with Crippen molar-refractivity contribution in [1.29, 1.82) is 0 Å². The zero-order chi connectivity index (χ0) is 11.6. The SMILES string of the molecule is CC(CN)C(C)n1cc(S(C)(=O)=O)cn1. The van der Waals surface area contributed by atoms with Gasteiger partial charge in [0.25, 0.3) is 0 Å². The van der Waals surface area contributed by atoms with Crippen molar-refractivity contribution in [3.05, 3.63) is 12.4 Å². The maximum Gasteiger partial charge on any atom is 0.178 e. The van der Waals surface area contributed by atoms with Crippen LogP contribution in [0.25, 0.3) is 0 Å². The molecule has 2 N–H and O–H groups in total. The highest BCUT2D eigenvalue weighted by Gasteiger charge is 2.16. The summed E-state index contributed by atoms with van der Waals surface area (Å²) in [7, 11) is -3.16. The molecule has 0 aliphatic heterocycles. The molecule has 1 aromatic heterocycles. The van der Waals surface area contributed by atoms with Crippen LogP contribution in [0.3, 0.4) is 0 Å². The van der Waals surface area contributed by atoms with Gasteiger partial charge in [0.1, 0.15) is 4.90 Å². The minimum Gasteiger partial charge on any atom is -0.330 e. The van der Waals surface area contributed by atoms with E-state index in [9.17, 15) is 8.42 Å². The molecule has 0 saturated carbocycles. The van der Waals surface area contributed by atoms with Crippen molar-refractivity contribution in [1.82, 2.24) is 9.78 Å². The van der Waals surface area contributed by atoms with Crippen molar-refractivity contribution in [2.45, 2.75) is 24.8 Å². The lowest BCUT2D eigenvalue weighted by molar-refractivity contribution is 0.358. The summed E-state index contributed by atoms with van der Waals surface area (Å²) in [5.74, 6) is 0.261. The summed E-state index contributed by atoms with van der Waals surface area (Å²) in [6.45, 7) is 4.53. The van der Waals surface area contributed by atoms with Crippen molar-refractivity contribution in [3.8, 4) is 0 Å². The number of nitrogens with two attached hydrogens (primary N) is 1. The van der Waals surface area contributed by atoms with Crippen molar-refractivity contribution in [2.75, 3.05) is 12.8 Å². The minimum absolute atomic E-state index is 0.102. The second-order valence-corrected chi connectivity index (χ2v) is 5.90. The summed E-state index contributed by atoms with van der Waals surface area (Å²) in [4.78, 5) is 0.249. The Hall–Kier alpha value is -0.880. The number of sulfone groups is 1. The van der Waals surface area contributed by atoms with Crippen molar-refractivity contribution < 1.29 is 8.42 Å². The van der Waals surface area contributed by atoms with Crippen LogP contribution in [0, 0.1) is 5.92 Å². The van der Waals surface area contributed by atoms with Crippen molar-refractivity contribution in [3.63, 3.8) is 0 Å². The van der Waals surface area contributed by atoms with E-state index in [0.29, 0.717) is 6.54 Å². The first-order chi connectivity index (χ1) is 6.86. The number of hydrogen-bond donors (Lipinski definition) is 1. The highest BCUT2D eigenvalue weighted by Crippen LogP contribution is 2.17. The van der Waals surface area contributed by atoms with Crippen molar-refractivity contribution >= 4 is 9.84 Å². The lowest BCUT2D eigenvalue weighted by Crippen LogP contribution is -2.21. The predicted octanol–water partition coefficient (Wildman–Crippen LogP) is 0.442. The lowest BCUT2D eigenvalue weighted by atomic mass is 10.1. The highest BCUT2D eigenvalue weighted by molar-refractivity contribution is 7.90. The summed E-state index contributed by atoms with van der Waals surface area (Å²) < 4.78 is 24.1. The van der Waals surface area contributed by atoms with Crippen LogP contribution >= 0.6 is 0 Å². The standard InChI is InChI=1S/C9H17N3O2S/c1-7(4-10)8(2)12-6-9(5-11-12)15(3,13)14/h5-8H,4,10H2,1-3H3. The fourth-order valence-corrected chi connectivity index (χ4v) is 1.73. The van der Waals surface area contributed by atoms with E-state index < -0.39 is 9.84 Å². The van der Waals surface area contributed by atoms with Crippen LogP contribution in [0.2, 0.25) is 0 Å². The molecule has 0 spiro atoms. The maximum atomic E-state index is 11.2. The summed E-state index contributed by atoms with van der Waals surface area (Å²) in [5.41, 5.74) is 5.54. The molecule has 2 unspecified atom stereocenters. The molecule has 0 aromatic carbocycles. The number of hydrogen-bond acceptors (Lipinski definition) is 4. The quantitative estimate of drug-likeness (QED) is 0.815. The van der Waals surface area contributed by atoms with Gasteiger partial charge >= 0.3 is 0 Å². The Morgan fingerprint density at radius 3 is 2.53 bits per heavy atom. The molecule has 1 aromatic rings. The first-order valence-electron chi connectivity index (χ1n) is 4.80. The van der Waals surface area contributed by atoms with Crippen LogP contribution in [0.15, 0.2) is 17.3 Å². The molecule has 2 atom stereocenters. The smallest absolute Gasteiger partial charge is 0.178 e. The van der Waals surface area contributed by atoms with Gasteiger partial charge in [-0.2, -0.15) is 5.10 Å². The van der Waals surface area contributed by atoms with Gasteiger partial charge in [-0.3, -0.25) is 4.68 Å². The van der Waals surface area contributed by atoms with Gasteiger partial charge in [0.2, 0.25) is 0 Å². The number of rotatable bonds is 4. The molecule has 1 rings (SSSR count). The van der Waals surface area contributed by atoms with Crippen LogP contribution < -0.4 is 5.73 Å². The molecule has 0 radical (unpaired) electrons. The van der Waals surface area contributed by atoms with Gasteiger partial charge < -0.3 is 5.73 Å². The molecular weight excluding hydrogens is 214 g/mol. The Labute approximate surface area is 90.2 Å². The van der Waals surface area contributed by atoms with Gasteiger partial charge in [-0.1, -0.05) is 6.92 Å². The molecule has 0 fully saturated rings. The Kier molecular flexibility index (Phi) is 3.51. The first kappa shape index (κ1) is 12.2. The molecule has 0 aliphatic carbocycles. The van der Waals surface area contributed by atoms with E-state index in [4.69, 9.17) is 5.73 Å². The Morgan fingerprint density at radius 2 is 2.13 bits per heavy atom. The lowest BCUT2D eigenvalue weighted by Gasteiger charge is -2.18. The van der Waals surface area contributed by atoms with Crippen molar-refractivity contribution in [2.24, 2.45) is 11.7 Å². The minimum atomic E-state index is -3.16. The second-order valence-electron chi connectivity index (χ2n) is 3.88. The first-order valence-corrected chi connectivity index (χ1v) is 6.69. The topological polar surface area (TPSA) is 78.0 Å². The van der Waals surface area contributed by atoms with Gasteiger partial charge in [-0.15, -0.1) is 0 Å². The Bertz CT molecular complexity index is 424. The van der Waals surface area contributed by atoms with E-state index in [2.05, 4.69) is 5.10 Å². The fraction of sp³-hybridized carbons (Fsp3) is 0.667.